The van der Waals surface area contributed by atoms with Crippen molar-refractivity contribution in [2.45, 2.75) is 429 Å². The second-order valence-corrected chi connectivity index (χ2v) is 35.6. The van der Waals surface area contributed by atoms with Gasteiger partial charge in [-0.3, -0.25) is 14.4 Å². The molecule has 3 N–H and O–H groups in total. The first-order valence-electron chi connectivity index (χ1n) is 49.8. The van der Waals surface area contributed by atoms with Crippen molar-refractivity contribution >= 4 is 17.8 Å². The van der Waals surface area contributed by atoms with E-state index >= 15 is 4.79 Å². The molecule has 2 heterocycles. The Morgan fingerprint density at radius 2 is 0.766 bits per heavy atom. The van der Waals surface area contributed by atoms with Crippen LogP contribution in [0.15, 0.2) is 146 Å². The molecule has 0 aromatic heterocycles. The molecular weight excluding hydrogens is 1630 g/mol. The fourth-order valence-corrected chi connectivity index (χ4v) is 17.1. The van der Waals surface area contributed by atoms with Crippen molar-refractivity contribution in [2.24, 2.45) is 0 Å². The van der Waals surface area contributed by atoms with Gasteiger partial charge in [-0.1, -0.05) is 374 Å². The Hall–Kier alpha value is -6.76. The van der Waals surface area contributed by atoms with E-state index in [9.17, 15) is 27.9 Å². The summed E-state index contributed by atoms with van der Waals surface area (Å²) >= 11 is 0. The topological polar surface area (TPSA) is 206 Å². The van der Waals surface area contributed by atoms with Gasteiger partial charge in [0, 0.05) is 6.42 Å². The summed E-state index contributed by atoms with van der Waals surface area (Å²) in [6.45, 7) is 10.5. The quantitative estimate of drug-likeness (QED) is 0.0188. The third-order valence-electron chi connectivity index (χ3n) is 24.8. The smallest absolute Gasteiger partial charge is 0.416 e. The molecule has 18 nitrogen and oxygen atoms in total. The zero-order valence-corrected chi connectivity index (χ0v) is 78.8. The van der Waals surface area contributed by atoms with Gasteiger partial charge in [-0.15, -0.1) is 6.58 Å². The Morgan fingerprint density at radius 1 is 0.406 bits per heavy atom. The van der Waals surface area contributed by atoms with Crippen LogP contribution in [-0.2, 0) is 101 Å². The number of esters is 1. The number of hydrogen-bond acceptors (Lipinski definition) is 16. The molecule has 0 spiro atoms. The van der Waals surface area contributed by atoms with Gasteiger partial charge in [-0.05, 0) is 89.9 Å². The van der Waals surface area contributed by atoms with Gasteiger partial charge < -0.3 is 72.6 Å². The first-order valence-corrected chi connectivity index (χ1v) is 49.8. The molecule has 12 atom stereocenters. The van der Waals surface area contributed by atoms with E-state index in [0.29, 0.717) is 36.3 Å². The third kappa shape index (κ3) is 45.6. The van der Waals surface area contributed by atoms with Crippen LogP contribution >= 0.6 is 0 Å². The molecule has 2 amide bonds. The van der Waals surface area contributed by atoms with Gasteiger partial charge >= 0.3 is 12.1 Å². The molecule has 718 valence electrons. The number of hydrogen-bond donors (Lipinski definition) is 3. The molecule has 0 bridgehead atoms. The predicted molar refractivity (Wildman–Crippen MR) is 503 cm³/mol. The minimum Gasteiger partial charge on any atom is -0.497 e. The average Bonchev–Trinajstić information content (AvgIpc) is 0.778. The number of aliphatic hydroxyl groups is 1. The molecule has 2 aliphatic heterocycles. The van der Waals surface area contributed by atoms with Gasteiger partial charge in [-0.2, -0.15) is 13.2 Å². The average molecular weight is 1790 g/mol. The monoisotopic (exact) mass is 1790 g/mol. The summed E-state index contributed by atoms with van der Waals surface area (Å²) in [7, 11) is 3.22. The first-order chi connectivity index (χ1) is 62.6. The molecule has 5 aromatic rings. The van der Waals surface area contributed by atoms with E-state index in [2.05, 4.69) is 38.0 Å². The van der Waals surface area contributed by atoms with Crippen molar-refractivity contribution in [3.05, 3.63) is 179 Å². The third-order valence-corrected chi connectivity index (χ3v) is 24.8. The molecule has 0 saturated carbocycles. The normalized spacial score (nSPS) is 19.3. The molecular formula is C107H163F3N2O16. The van der Waals surface area contributed by atoms with Gasteiger partial charge in [0.15, 0.2) is 12.6 Å². The summed E-state index contributed by atoms with van der Waals surface area (Å²) < 4.78 is 121. The number of rotatable bonds is 75. The molecule has 0 radical (unpaired) electrons. The molecule has 128 heavy (non-hydrogen) atoms. The number of amides is 2. The highest BCUT2D eigenvalue weighted by Gasteiger charge is 2.52. The second-order valence-electron chi connectivity index (χ2n) is 35.6. The number of carbonyl (C=O) groups is 3. The van der Waals surface area contributed by atoms with Gasteiger partial charge in [0.2, 0.25) is 11.8 Å². The number of ether oxygens (including phenoxy) is 12. The van der Waals surface area contributed by atoms with Gasteiger partial charge in [0.25, 0.3) is 0 Å². The number of halogens is 3. The molecule has 2 fully saturated rings. The number of nitrogens with one attached hydrogen (secondary N) is 2. The maximum Gasteiger partial charge on any atom is 0.416 e. The number of aliphatic hydroxyl groups excluding tert-OH is 1. The summed E-state index contributed by atoms with van der Waals surface area (Å²) in [6, 6.07) is 36.7. The number of unbranched alkanes of at least 4 members (excludes halogenated alkanes) is 38. The Kier molecular flexibility index (Phi) is 57.0. The van der Waals surface area contributed by atoms with Crippen molar-refractivity contribution in [2.75, 3.05) is 34.0 Å². The van der Waals surface area contributed by atoms with E-state index in [4.69, 9.17) is 56.8 Å². The highest BCUT2D eigenvalue weighted by Crippen LogP contribution is 2.35. The van der Waals surface area contributed by atoms with Crippen LogP contribution in [0.1, 0.15) is 350 Å². The minimum absolute atomic E-state index is 0.00127. The maximum absolute atomic E-state index is 15.6. The SMILES string of the molecule is C=CCO[C@H]1O[C@H](CO[C@@H]2O[C@H](COCc3ccc(OC)cc3)[C@@H](OCc3ccccc3)[C@H](OCc3ccc(OC)cc3)[C@H]2NC(=O)C[C@@H](CCCCCCCCCCCCCCC)OC(=O)CCCCCCCCCCCCCCCCC)[C@@H](OCc2ccccc2)[C@H](O)[C@H]1NC(=O)C[C@@H](CCCCCCCCCCCCCCC)OCc1ccc(C(F)(F)F)cc1. The molecule has 0 aliphatic carbocycles. The molecule has 5 aromatic carbocycles. The van der Waals surface area contributed by atoms with Crippen molar-refractivity contribution in [3.8, 4) is 11.5 Å². The van der Waals surface area contributed by atoms with Crippen LogP contribution in [0.4, 0.5) is 13.2 Å². The predicted octanol–water partition coefficient (Wildman–Crippen LogP) is 25.5. The first kappa shape index (κ1) is 108. The lowest BCUT2D eigenvalue weighted by Crippen LogP contribution is -2.68. The van der Waals surface area contributed by atoms with Crippen molar-refractivity contribution in [3.63, 3.8) is 0 Å². The van der Waals surface area contributed by atoms with Crippen LogP contribution in [0, 0.1) is 0 Å². The maximum atomic E-state index is 15.6. The van der Waals surface area contributed by atoms with E-state index < -0.39 is 97.0 Å². The van der Waals surface area contributed by atoms with Gasteiger partial charge in [0.1, 0.15) is 66.3 Å². The Labute approximate surface area is 767 Å². The summed E-state index contributed by atoms with van der Waals surface area (Å²) in [6.07, 6.45) is 35.2. The zero-order chi connectivity index (χ0) is 91.1. The number of benzene rings is 5. The van der Waals surface area contributed by atoms with Crippen LogP contribution < -0.4 is 20.1 Å². The van der Waals surface area contributed by atoms with E-state index in [1.54, 1.807) is 14.2 Å². The lowest BCUT2D eigenvalue weighted by atomic mass is 9.94. The Balaban J connectivity index is 1.17. The van der Waals surface area contributed by atoms with Crippen LogP contribution in [0.3, 0.4) is 0 Å². The lowest BCUT2D eigenvalue weighted by molar-refractivity contribution is -0.315. The standard InChI is InChI=1S/C107H163F3N2O16/c1-7-11-14-17-20-23-26-29-30-33-36-39-42-45-54-61-98(115)126-93(60-53-44-41-38-35-32-28-25-22-19-16-13-9-3)76-97(114)112-100-104(124-81-88-66-72-91(118-6)73-67-88)103(123-80-85-57-50-47-51-58-85)94(82-119-77-86-64-70-90(117-5)71-65-86)127-106(100)125-83-95-102(122-79-84-55-48-46-49-56-84)101(116)99(105(128-95)120-74-10-4)111-96(113)75-92(121-78-87-62-68-89(69-63-87)107(108,109)110)59-52-43-40-37-34-31-27-24-21-18-15-12-8-2/h10,46-51,55-58,62-73,92-95,99-106,116H,4,7-9,11-45,52-54,59-61,74-83H2,1-3,5-6H3,(H,111,113)(H,112,114)/t92-,93-,94-,95-,99-,100-,101-,102-,103-,104-,105+,106-/m1/s1. The van der Waals surface area contributed by atoms with Crippen LogP contribution in [0.25, 0.3) is 0 Å². The van der Waals surface area contributed by atoms with E-state index in [1.165, 1.54) is 198 Å². The summed E-state index contributed by atoms with van der Waals surface area (Å²) in [5.74, 6) is 0.0780. The molecule has 7 rings (SSSR count). The molecule has 0 unspecified atom stereocenters. The van der Waals surface area contributed by atoms with Crippen LogP contribution in [0.5, 0.6) is 11.5 Å². The van der Waals surface area contributed by atoms with E-state index in [-0.39, 0.29) is 78.1 Å². The highest BCUT2D eigenvalue weighted by atomic mass is 19.4. The van der Waals surface area contributed by atoms with Gasteiger partial charge in [-0.25, -0.2) is 0 Å². The van der Waals surface area contributed by atoms with Gasteiger partial charge in [0.05, 0.1) is 91.6 Å². The van der Waals surface area contributed by atoms with Crippen molar-refractivity contribution in [1.29, 1.82) is 0 Å². The Morgan fingerprint density at radius 3 is 1.20 bits per heavy atom. The fourth-order valence-electron chi connectivity index (χ4n) is 17.1. The van der Waals surface area contributed by atoms with E-state index in [0.717, 1.165) is 111 Å². The van der Waals surface area contributed by atoms with Crippen molar-refractivity contribution in [1.82, 2.24) is 10.6 Å². The summed E-state index contributed by atoms with van der Waals surface area (Å²) in [5, 5.41) is 19.5. The Bertz CT molecular complexity index is 3600. The molecule has 2 saturated heterocycles. The second kappa shape index (κ2) is 67.4. The van der Waals surface area contributed by atoms with Crippen LogP contribution in [0.2, 0.25) is 0 Å². The lowest BCUT2D eigenvalue weighted by Gasteiger charge is -2.48. The molecule has 21 heteroatoms. The van der Waals surface area contributed by atoms with Crippen molar-refractivity contribution < 1.29 is 89.5 Å². The largest absolute Gasteiger partial charge is 0.497 e. The number of methoxy groups -OCH3 is 2. The van der Waals surface area contributed by atoms with E-state index in [1.807, 2.05) is 109 Å². The minimum atomic E-state index is -4.51. The fraction of sp³-hybridized carbons (Fsp3) is 0.673. The van der Waals surface area contributed by atoms with Crippen LogP contribution in [-0.4, -0.2) is 130 Å². The zero-order valence-electron chi connectivity index (χ0n) is 78.8. The highest BCUT2D eigenvalue weighted by molar-refractivity contribution is 5.78. The number of carbonyl (C=O) groups excluding carboxylic acids is 3. The summed E-state index contributed by atoms with van der Waals surface area (Å²) in [5.41, 5.74) is 3.05. The summed E-state index contributed by atoms with van der Waals surface area (Å²) in [4.78, 5) is 44.7. The molecule has 2 aliphatic rings. The number of alkyl halides is 3.